The Morgan fingerprint density at radius 3 is 2.74 bits per heavy atom. The normalized spacial score (nSPS) is 15.7. The van der Waals surface area contributed by atoms with Crippen molar-refractivity contribution in [1.29, 1.82) is 0 Å². The van der Waals surface area contributed by atoms with E-state index in [9.17, 15) is 0 Å². The zero-order valence-electron chi connectivity index (χ0n) is 11.9. The van der Waals surface area contributed by atoms with Crippen molar-refractivity contribution in [2.75, 3.05) is 13.2 Å². The van der Waals surface area contributed by atoms with Crippen LogP contribution in [0.15, 0.2) is 18.2 Å². The molecule has 19 heavy (non-hydrogen) atoms. The lowest BCUT2D eigenvalue weighted by atomic mass is 10.1. The van der Waals surface area contributed by atoms with Crippen molar-refractivity contribution in [1.82, 2.24) is 0 Å². The first kappa shape index (κ1) is 14.2. The number of ether oxygens (including phenoxy) is 2. The van der Waals surface area contributed by atoms with Crippen molar-refractivity contribution in [3.63, 3.8) is 0 Å². The molecule has 0 amide bonds. The Kier molecular flexibility index (Phi) is 5.52. The molecule has 0 spiro atoms. The van der Waals surface area contributed by atoms with Gasteiger partial charge in [-0.25, -0.2) is 0 Å². The lowest BCUT2D eigenvalue weighted by Crippen LogP contribution is -2.13. The highest BCUT2D eigenvalue weighted by molar-refractivity contribution is 5.41. The average molecular weight is 263 g/mol. The predicted octanol–water partition coefficient (Wildman–Crippen LogP) is 3.30. The van der Waals surface area contributed by atoms with E-state index in [2.05, 4.69) is 13.0 Å². The summed E-state index contributed by atoms with van der Waals surface area (Å²) < 4.78 is 11.8. The monoisotopic (exact) mass is 263 g/mol. The van der Waals surface area contributed by atoms with E-state index in [0.717, 1.165) is 30.9 Å². The van der Waals surface area contributed by atoms with Crippen LogP contribution < -0.4 is 15.2 Å². The van der Waals surface area contributed by atoms with Crippen molar-refractivity contribution in [3.05, 3.63) is 23.8 Å². The van der Waals surface area contributed by atoms with Gasteiger partial charge < -0.3 is 15.2 Å². The van der Waals surface area contributed by atoms with Gasteiger partial charge in [0.1, 0.15) is 11.5 Å². The number of rotatable bonds is 7. The second-order valence-corrected chi connectivity index (χ2v) is 5.18. The molecular formula is C16H25NO2. The van der Waals surface area contributed by atoms with Gasteiger partial charge in [-0.15, -0.1) is 0 Å². The number of hydrogen-bond donors (Lipinski definition) is 1. The van der Waals surface area contributed by atoms with E-state index in [-0.39, 0.29) is 0 Å². The third-order valence-corrected chi connectivity index (χ3v) is 3.52. The summed E-state index contributed by atoms with van der Waals surface area (Å²) in [4.78, 5) is 0. The Morgan fingerprint density at radius 1 is 1.26 bits per heavy atom. The zero-order valence-corrected chi connectivity index (χ0v) is 11.9. The van der Waals surface area contributed by atoms with Crippen molar-refractivity contribution >= 4 is 0 Å². The van der Waals surface area contributed by atoms with E-state index in [1.807, 2.05) is 12.1 Å². The summed E-state index contributed by atoms with van der Waals surface area (Å²) in [5.41, 5.74) is 6.86. The topological polar surface area (TPSA) is 44.5 Å². The van der Waals surface area contributed by atoms with Gasteiger partial charge in [0.25, 0.3) is 0 Å². The van der Waals surface area contributed by atoms with E-state index in [1.165, 1.54) is 31.2 Å². The summed E-state index contributed by atoms with van der Waals surface area (Å²) in [6, 6.07) is 6.13. The lowest BCUT2D eigenvalue weighted by molar-refractivity contribution is 0.206. The van der Waals surface area contributed by atoms with Crippen LogP contribution in [0.25, 0.3) is 0 Å². The molecule has 1 aliphatic rings. The second kappa shape index (κ2) is 7.39. The molecule has 2 rings (SSSR count). The van der Waals surface area contributed by atoms with Gasteiger partial charge in [-0.1, -0.05) is 13.0 Å². The molecule has 0 atom stereocenters. The molecule has 1 aliphatic carbocycles. The fourth-order valence-corrected chi connectivity index (χ4v) is 2.50. The predicted molar refractivity (Wildman–Crippen MR) is 77.9 cm³/mol. The van der Waals surface area contributed by atoms with Gasteiger partial charge in [0.05, 0.1) is 12.7 Å². The first-order valence-electron chi connectivity index (χ1n) is 7.46. The molecule has 3 nitrogen and oxygen atoms in total. The highest BCUT2D eigenvalue weighted by Crippen LogP contribution is 2.30. The SMILES string of the molecule is CCCOc1ccc(CCN)c(OC2CCCC2)c1. The molecule has 0 aromatic heterocycles. The van der Waals surface area contributed by atoms with Gasteiger partial charge >= 0.3 is 0 Å². The van der Waals surface area contributed by atoms with Crippen molar-refractivity contribution in [2.45, 2.75) is 51.6 Å². The highest BCUT2D eigenvalue weighted by atomic mass is 16.5. The Hall–Kier alpha value is -1.22. The first-order chi connectivity index (χ1) is 9.33. The second-order valence-electron chi connectivity index (χ2n) is 5.18. The van der Waals surface area contributed by atoms with E-state index in [4.69, 9.17) is 15.2 Å². The lowest BCUT2D eigenvalue weighted by Gasteiger charge is -2.17. The minimum absolute atomic E-state index is 0.373. The fourth-order valence-electron chi connectivity index (χ4n) is 2.50. The third kappa shape index (κ3) is 4.13. The molecule has 3 heteroatoms. The van der Waals surface area contributed by atoms with Gasteiger partial charge in [-0.05, 0) is 56.7 Å². The van der Waals surface area contributed by atoms with Gasteiger partial charge in [0.15, 0.2) is 0 Å². The van der Waals surface area contributed by atoms with Gasteiger partial charge in [-0.2, -0.15) is 0 Å². The molecule has 1 fully saturated rings. The molecule has 0 aliphatic heterocycles. The molecule has 0 unspecified atom stereocenters. The Morgan fingerprint density at radius 2 is 2.05 bits per heavy atom. The van der Waals surface area contributed by atoms with Crippen LogP contribution in [0.2, 0.25) is 0 Å². The molecule has 106 valence electrons. The standard InChI is InChI=1S/C16H25NO2/c1-2-11-18-15-8-7-13(9-10-17)16(12-15)19-14-5-3-4-6-14/h7-8,12,14H,2-6,9-11,17H2,1H3. The maximum atomic E-state index is 6.14. The molecule has 0 heterocycles. The van der Waals surface area contributed by atoms with Crippen LogP contribution in [0.4, 0.5) is 0 Å². The van der Waals surface area contributed by atoms with E-state index in [0.29, 0.717) is 12.6 Å². The largest absolute Gasteiger partial charge is 0.493 e. The zero-order chi connectivity index (χ0) is 13.5. The van der Waals surface area contributed by atoms with Gasteiger partial charge in [0.2, 0.25) is 0 Å². The van der Waals surface area contributed by atoms with Crippen molar-refractivity contribution in [3.8, 4) is 11.5 Å². The molecule has 1 aromatic carbocycles. The summed E-state index contributed by atoms with van der Waals surface area (Å²) in [6.07, 6.45) is 7.15. The van der Waals surface area contributed by atoms with Crippen molar-refractivity contribution in [2.24, 2.45) is 5.73 Å². The molecule has 0 saturated heterocycles. The van der Waals surface area contributed by atoms with Crippen LogP contribution >= 0.6 is 0 Å². The maximum absolute atomic E-state index is 6.14. The molecule has 1 aromatic rings. The van der Waals surface area contributed by atoms with Crippen LogP contribution in [0.1, 0.15) is 44.6 Å². The first-order valence-corrected chi connectivity index (χ1v) is 7.46. The van der Waals surface area contributed by atoms with Gasteiger partial charge in [-0.3, -0.25) is 0 Å². The Labute approximate surface area is 116 Å². The van der Waals surface area contributed by atoms with Crippen LogP contribution in [0.3, 0.4) is 0 Å². The van der Waals surface area contributed by atoms with E-state index in [1.54, 1.807) is 0 Å². The van der Waals surface area contributed by atoms with E-state index < -0.39 is 0 Å². The molecular weight excluding hydrogens is 238 g/mol. The molecule has 2 N–H and O–H groups in total. The molecule has 0 bridgehead atoms. The quantitative estimate of drug-likeness (QED) is 0.821. The number of hydrogen-bond acceptors (Lipinski definition) is 3. The summed E-state index contributed by atoms with van der Waals surface area (Å²) in [7, 11) is 0. The highest BCUT2D eigenvalue weighted by Gasteiger charge is 2.18. The smallest absolute Gasteiger partial charge is 0.126 e. The van der Waals surface area contributed by atoms with Crippen molar-refractivity contribution < 1.29 is 9.47 Å². The van der Waals surface area contributed by atoms with Crippen LogP contribution in [-0.2, 0) is 6.42 Å². The summed E-state index contributed by atoms with van der Waals surface area (Å²) in [6.45, 7) is 3.51. The minimum Gasteiger partial charge on any atom is -0.493 e. The fraction of sp³-hybridized carbons (Fsp3) is 0.625. The van der Waals surface area contributed by atoms with Crippen LogP contribution in [0.5, 0.6) is 11.5 Å². The number of nitrogens with two attached hydrogens (primary N) is 1. The average Bonchev–Trinajstić information content (AvgIpc) is 2.92. The summed E-state index contributed by atoms with van der Waals surface area (Å²) in [5, 5.41) is 0. The molecule has 1 saturated carbocycles. The summed E-state index contributed by atoms with van der Waals surface area (Å²) in [5.74, 6) is 1.86. The molecule has 0 radical (unpaired) electrons. The maximum Gasteiger partial charge on any atom is 0.126 e. The summed E-state index contributed by atoms with van der Waals surface area (Å²) >= 11 is 0. The van der Waals surface area contributed by atoms with E-state index >= 15 is 0 Å². The Bertz CT molecular complexity index is 386. The third-order valence-electron chi connectivity index (χ3n) is 3.52. The Balaban J connectivity index is 2.09. The number of benzene rings is 1. The van der Waals surface area contributed by atoms with Gasteiger partial charge in [0, 0.05) is 6.07 Å². The van der Waals surface area contributed by atoms with Crippen LogP contribution in [0, 0.1) is 0 Å². The minimum atomic E-state index is 0.373. The van der Waals surface area contributed by atoms with Crippen LogP contribution in [-0.4, -0.2) is 19.3 Å².